The van der Waals surface area contributed by atoms with Crippen molar-refractivity contribution in [3.63, 3.8) is 0 Å². The first-order chi connectivity index (χ1) is 11.6. The molecule has 24 heavy (non-hydrogen) atoms. The first-order valence-corrected chi connectivity index (χ1v) is 8.05. The van der Waals surface area contributed by atoms with Gasteiger partial charge in [-0.05, 0) is 31.5 Å². The molecule has 0 aliphatic rings. The number of carbonyl (C=O) groups excluding carboxylic acids is 1. The van der Waals surface area contributed by atoms with Gasteiger partial charge < -0.3 is 5.32 Å². The van der Waals surface area contributed by atoms with Crippen molar-refractivity contribution in [3.05, 3.63) is 47.7 Å². The van der Waals surface area contributed by atoms with Gasteiger partial charge in [-0.2, -0.15) is 10.2 Å². The highest BCUT2D eigenvalue weighted by atomic mass is 32.1. The van der Waals surface area contributed by atoms with Crippen LogP contribution in [0.1, 0.15) is 41.6 Å². The van der Waals surface area contributed by atoms with Gasteiger partial charge in [0.25, 0.3) is 5.91 Å². The molecule has 0 aliphatic heterocycles. The van der Waals surface area contributed by atoms with Crippen LogP contribution in [0.4, 0.5) is 0 Å². The van der Waals surface area contributed by atoms with Crippen molar-refractivity contribution in [1.29, 1.82) is 0 Å². The number of carbonyl (C=O) groups is 1. The van der Waals surface area contributed by atoms with Gasteiger partial charge in [0.15, 0.2) is 5.65 Å². The average molecular weight is 345 g/mol. The van der Waals surface area contributed by atoms with Crippen LogP contribution >= 0.6 is 12.8 Å². The van der Waals surface area contributed by atoms with Crippen molar-refractivity contribution in [2.45, 2.75) is 33.0 Å². The van der Waals surface area contributed by atoms with Gasteiger partial charge in [-0.3, -0.25) is 14.2 Å². The molecule has 2 N–H and O–H groups in total. The van der Waals surface area contributed by atoms with Crippen LogP contribution in [-0.4, -0.2) is 30.3 Å². The monoisotopic (exact) mass is 345 g/mol. The van der Waals surface area contributed by atoms with E-state index >= 15 is 0 Å². The number of hydrogen-bond donors (Lipinski definition) is 3. The fraction of sp³-hybridized carbons (Fsp3) is 0.333. The van der Waals surface area contributed by atoms with Gasteiger partial charge in [0.1, 0.15) is 5.69 Å². The summed E-state index contributed by atoms with van der Waals surface area (Å²) >= 11 is 3.98. The Hall–Kier alpha value is -2.39. The number of hydrogen-bond acceptors (Lipinski definition) is 6. The number of thiol groups is 1. The van der Waals surface area contributed by atoms with Gasteiger partial charge in [-0.15, -0.1) is 0 Å². The van der Waals surface area contributed by atoms with Gasteiger partial charge in [0.2, 0.25) is 0 Å². The van der Waals surface area contributed by atoms with Crippen LogP contribution in [0.3, 0.4) is 0 Å². The summed E-state index contributed by atoms with van der Waals surface area (Å²) in [5.41, 5.74) is 2.99. The van der Waals surface area contributed by atoms with E-state index in [4.69, 9.17) is 0 Å². The normalized spacial score (nSPS) is 11.3. The second-order valence-corrected chi connectivity index (χ2v) is 5.99. The quantitative estimate of drug-likeness (QED) is 0.587. The molecule has 0 saturated heterocycles. The maximum absolute atomic E-state index is 12.3. The van der Waals surface area contributed by atoms with E-state index in [9.17, 15) is 4.79 Å². The molecular weight excluding hydrogens is 326 g/mol. The summed E-state index contributed by atoms with van der Waals surface area (Å²) < 4.78 is 6.15. The molecule has 0 saturated carbocycles. The summed E-state index contributed by atoms with van der Waals surface area (Å²) in [5, 5.41) is 11.3. The Balaban J connectivity index is 1.71. The van der Waals surface area contributed by atoms with E-state index in [1.54, 1.807) is 33.9 Å². The Bertz CT molecular complexity index is 855. The zero-order valence-electron chi connectivity index (χ0n) is 13.5. The van der Waals surface area contributed by atoms with Crippen LogP contribution in [-0.2, 0) is 13.1 Å². The Morgan fingerprint density at radius 2 is 2.17 bits per heavy atom. The zero-order valence-corrected chi connectivity index (χ0v) is 14.4. The summed E-state index contributed by atoms with van der Waals surface area (Å²) in [6, 6.07) is 3.76. The van der Waals surface area contributed by atoms with Crippen molar-refractivity contribution in [2.24, 2.45) is 0 Å². The molecule has 0 radical (unpaired) electrons. The highest BCUT2D eigenvalue weighted by Gasteiger charge is 2.14. The van der Waals surface area contributed by atoms with E-state index in [-0.39, 0.29) is 11.9 Å². The van der Waals surface area contributed by atoms with Gasteiger partial charge >= 0.3 is 0 Å². The summed E-state index contributed by atoms with van der Waals surface area (Å²) in [4.78, 5) is 16.8. The van der Waals surface area contributed by atoms with E-state index in [0.717, 1.165) is 16.9 Å². The lowest BCUT2D eigenvalue weighted by molar-refractivity contribution is 0.0938. The van der Waals surface area contributed by atoms with E-state index in [2.05, 4.69) is 38.0 Å². The van der Waals surface area contributed by atoms with Crippen molar-refractivity contribution >= 4 is 24.4 Å². The maximum Gasteiger partial charge on any atom is 0.269 e. The largest absolute Gasteiger partial charge is 0.345 e. The molecule has 0 aromatic carbocycles. The highest BCUT2D eigenvalue weighted by molar-refractivity contribution is 7.78. The SMILES string of the molecule is CC(C)n1nccc1C(=O)NCc1cn2ncc(CNS)cc2n1. The molecule has 0 aliphatic carbocycles. The van der Waals surface area contributed by atoms with Gasteiger partial charge in [-0.1, -0.05) is 12.8 Å². The van der Waals surface area contributed by atoms with Crippen molar-refractivity contribution in [1.82, 2.24) is 34.4 Å². The first kappa shape index (κ1) is 16.5. The summed E-state index contributed by atoms with van der Waals surface area (Å²) in [5.74, 6) is -0.175. The molecule has 9 heteroatoms. The molecule has 8 nitrogen and oxygen atoms in total. The lowest BCUT2D eigenvalue weighted by Gasteiger charge is -2.10. The van der Waals surface area contributed by atoms with Crippen LogP contribution in [0.15, 0.2) is 30.7 Å². The minimum atomic E-state index is -0.175. The molecule has 0 fully saturated rings. The molecule has 0 spiro atoms. The van der Waals surface area contributed by atoms with E-state index in [1.807, 2.05) is 19.9 Å². The summed E-state index contributed by atoms with van der Waals surface area (Å²) in [6.45, 7) is 4.89. The third-order valence-corrected chi connectivity index (χ3v) is 3.69. The molecular formula is C15H19N7OS. The maximum atomic E-state index is 12.3. The highest BCUT2D eigenvalue weighted by Crippen LogP contribution is 2.09. The van der Waals surface area contributed by atoms with Crippen molar-refractivity contribution in [3.8, 4) is 0 Å². The number of rotatable bonds is 6. The average Bonchev–Trinajstić information content (AvgIpc) is 3.19. The topological polar surface area (TPSA) is 89.1 Å². The molecule has 3 aromatic rings. The molecule has 0 unspecified atom stereocenters. The Labute approximate surface area is 144 Å². The molecule has 3 rings (SSSR count). The molecule has 126 valence electrons. The van der Waals surface area contributed by atoms with E-state index in [0.29, 0.717) is 18.8 Å². The van der Waals surface area contributed by atoms with Crippen molar-refractivity contribution in [2.75, 3.05) is 0 Å². The fourth-order valence-electron chi connectivity index (χ4n) is 2.40. The molecule has 0 atom stereocenters. The fourth-order valence-corrected chi connectivity index (χ4v) is 2.59. The Morgan fingerprint density at radius 3 is 2.92 bits per heavy atom. The van der Waals surface area contributed by atoms with Crippen LogP contribution in [0.2, 0.25) is 0 Å². The minimum Gasteiger partial charge on any atom is -0.345 e. The number of amides is 1. The summed E-state index contributed by atoms with van der Waals surface area (Å²) in [7, 11) is 0. The predicted molar refractivity (Wildman–Crippen MR) is 92.6 cm³/mol. The summed E-state index contributed by atoms with van der Waals surface area (Å²) in [6.07, 6.45) is 5.18. The van der Waals surface area contributed by atoms with E-state index in [1.165, 1.54) is 0 Å². The second-order valence-electron chi connectivity index (χ2n) is 5.67. The van der Waals surface area contributed by atoms with Crippen molar-refractivity contribution < 1.29 is 4.79 Å². The number of nitrogens with one attached hydrogen (secondary N) is 2. The van der Waals surface area contributed by atoms with Crippen LogP contribution < -0.4 is 10.0 Å². The Kier molecular flexibility index (Phi) is 4.81. The third kappa shape index (κ3) is 3.41. The molecule has 0 bridgehead atoms. The smallest absolute Gasteiger partial charge is 0.269 e. The molecule has 3 aromatic heterocycles. The number of fused-ring (bicyclic) bond motifs is 1. The number of nitrogens with zero attached hydrogens (tertiary/aromatic N) is 5. The van der Waals surface area contributed by atoms with E-state index < -0.39 is 0 Å². The van der Waals surface area contributed by atoms with Gasteiger partial charge in [0, 0.05) is 18.8 Å². The number of imidazole rings is 1. The number of aromatic nitrogens is 5. The zero-order chi connectivity index (χ0) is 17.1. The first-order valence-electron chi connectivity index (χ1n) is 7.60. The lowest BCUT2D eigenvalue weighted by atomic mass is 10.3. The third-order valence-electron chi connectivity index (χ3n) is 3.53. The molecule has 1 amide bonds. The second kappa shape index (κ2) is 7.02. The van der Waals surface area contributed by atoms with Crippen LogP contribution in [0.5, 0.6) is 0 Å². The Morgan fingerprint density at radius 1 is 1.33 bits per heavy atom. The van der Waals surface area contributed by atoms with Crippen LogP contribution in [0.25, 0.3) is 5.65 Å². The minimum absolute atomic E-state index is 0.124. The van der Waals surface area contributed by atoms with Gasteiger partial charge in [-0.25, -0.2) is 9.50 Å². The lowest BCUT2D eigenvalue weighted by Crippen LogP contribution is -2.26. The standard InChI is InChI=1S/C15H19N7OS/c1-10(2)22-13(3-4-17-22)15(23)16-8-12-9-21-14(20-12)5-11(6-18-21)7-19-24/h3-6,9-10,19,24H,7-8H2,1-2H3,(H,16,23). The van der Waals surface area contributed by atoms with Gasteiger partial charge in [0.05, 0.1) is 24.6 Å². The predicted octanol–water partition coefficient (Wildman–Crippen LogP) is 1.37. The molecule has 3 heterocycles. The van der Waals surface area contributed by atoms with Crippen LogP contribution in [0, 0.1) is 0 Å².